The first-order valence-electron chi connectivity index (χ1n) is 9.75. The van der Waals surface area contributed by atoms with Crippen LogP contribution in [0.25, 0.3) is 0 Å². The highest BCUT2D eigenvalue weighted by molar-refractivity contribution is 8.00. The Bertz CT molecular complexity index is 727. The average molecular weight is 396 g/mol. The van der Waals surface area contributed by atoms with Crippen LogP contribution >= 0.6 is 11.8 Å². The van der Waals surface area contributed by atoms with E-state index in [0.29, 0.717) is 16.9 Å². The Morgan fingerprint density at radius 1 is 0.963 bits per heavy atom. The van der Waals surface area contributed by atoms with E-state index in [0.717, 1.165) is 19.4 Å². The molecule has 1 heterocycles. The van der Waals surface area contributed by atoms with Gasteiger partial charge < -0.3 is 4.43 Å². The lowest BCUT2D eigenvalue weighted by Crippen LogP contribution is -2.67. The van der Waals surface area contributed by atoms with Crippen LogP contribution in [0, 0.1) is 11.3 Å². The van der Waals surface area contributed by atoms with Gasteiger partial charge >= 0.3 is 0 Å². The van der Waals surface area contributed by atoms with Crippen LogP contribution < -0.4 is 10.4 Å². The first-order valence-corrected chi connectivity index (χ1v) is 12.6. The first-order chi connectivity index (χ1) is 13.0. The van der Waals surface area contributed by atoms with E-state index in [-0.39, 0.29) is 5.04 Å². The molecule has 27 heavy (non-hydrogen) atoms. The van der Waals surface area contributed by atoms with Crippen molar-refractivity contribution in [3.8, 4) is 6.07 Å². The molecule has 1 aliphatic rings. The normalized spacial score (nSPS) is 20.4. The lowest BCUT2D eigenvalue weighted by atomic mass is 10.2. The minimum absolute atomic E-state index is 0.0189. The Morgan fingerprint density at radius 2 is 1.48 bits per heavy atom. The van der Waals surface area contributed by atoms with Crippen LogP contribution in [-0.4, -0.2) is 25.4 Å². The van der Waals surface area contributed by atoms with Crippen LogP contribution in [0.5, 0.6) is 0 Å². The molecule has 1 saturated heterocycles. The van der Waals surface area contributed by atoms with Crippen molar-refractivity contribution in [3.05, 3.63) is 60.7 Å². The van der Waals surface area contributed by atoms with Crippen molar-refractivity contribution in [1.29, 1.82) is 5.26 Å². The highest BCUT2D eigenvalue weighted by atomic mass is 32.2. The van der Waals surface area contributed by atoms with Crippen molar-refractivity contribution in [1.82, 2.24) is 0 Å². The monoisotopic (exact) mass is 395 g/mol. The summed E-state index contributed by atoms with van der Waals surface area (Å²) >= 11 is 1.95. The summed E-state index contributed by atoms with van der Waals surface area (Å²) in [5.74, 6) is 0. The molecule has 0 aromatic heterocycles. The third-order valence-corrected chi connectivity index (χ3v) is 12.0. The standard InChI is InChI=1S/C23H29NOSSi/c1-23(2,3)27(21-10-6-4-7-11-21,22-12-8-5-9-13-22)25-18-20-15-14-19(26-20)16-17-24/h4-13,19-20H,14-16,18H2,1-3H3. The average Bonchev–Trinajstić information content (AvgIpc) is 3.11. The van der Waals surface area contributed by atoms with Gasteiger partial charge in [-0.25, -0.2) is 0 Å². The minimum atomic E-state index is -2.44. The Morgan fingerprint density at radius 3 is 1.96 bits per heavy atom. The maximum Gasteiger partial charge on any atom is 0.261 e. The van der Waals surface area contributed by atoms with Gasteiger partial charge in [0.2, 0.25) is 0 Å². The van der Waals surface area contributed by atoms with Crippen LogP contribution in [0.15, 0.2) is 60.7 Å². The van der Waals surface area contributed by atoms with E-state index in [9.17, 15) is 0 Å². The number of rotatable bonds is 6. The predicted octanol–water partition coefficient (Wildman–Crippen LogP) is 4.74. The molecule has 0 spiro atoms. The molecule has 0 bridgehead atoms. The SMILES string of the molecule is CC(C)(C)[Si](OCC1CCC(CC#N)S1)(c1ccccc1)c1ccccc1. The van der Waals surface area contributed by atoms with Crippen molar-refractivity contribution >= 4 is 30.5 Å². The highest BCUT2D eigenvalue weighted by Gasteiger charge is 2.50. The molecule has 142 valence electrons. The zero-order valence-electron chi connectivity index (χ0n) is 16.5. The topological polar surface area (TPSA) is 33.0 Å². The summed E-state index contributed by atoms with van der Waals surface area (Å²) in [6.45, 7) is 7.72. The van der Waals surface area contributed by atoms with Crippen LogP contribution in [0.4, 0.5) is 0 Å². The molecule has 1 fully saturated rings. The second-order valence-electron chi connectivity index (χ2n) is 8.29. The molecule has 4 heteroatoms. The lowest BCUT2D eigenvalue weighted by Gasteiger charge is -2.43. The first kappa shape index (κ1) is 20.2. The van der Waals surface area contributed by atoms with Crippen LogP contribution in [0.2, 0.25) is 5.04 Å². The molecule has 0 amide bonds. The molecular formula is C23H29NOSSi. The number of hydrogen-bond acceptors (Lipinski definition) is 3. The maximum atomic E-state index is 8.99. The Balaban J connectivity index is 1.94. The molecule has 2 atom stereocenters. The Kier molecular flexibility index (Phi) is 6.47. The van der Waals surface area contributed by atoms with Gasteiger partial charge in [-0.15, -0.1) is 0 Å². The minimum Gasteiger partial charge on any atom is -0.406 e. The molecular weight excluding hydrogens is 366 g/mol. The van der Waals surface area contributed by atoms with E-state index >= 15 is 0 Å². The van der Waals surface area contributed by atoms with Crippen molar-refractivity contribution in [3.63, 3.8) is 0 Å². The second kappa shape index (κ2) is 8.64. The molecule has 0 aliphatic carbocycles. The Labute approximate surface area is 169 Å². The quantitative estimate of drug-likeness (QED) is 0.662. The van der Waals surface area contributed by atoms with Gasteiger partial charge in [-0.2, -0.15) is 17.0 Å². The summed E-state index contributed by atoms with van der Waals surface area (Å²) in [5, 5.41) is 12.6. The number of nitriles is 1. The van der Waals surface area contributed by atoms with Crippen molar-refractivity contribution in [2.24, 2.45) is 0 Å². The summed E-state index contributed by atoms with van der Waals surface area (Å²) in [6, 6.07) is 24.0. The van der Waals surface area contributed by atoms with Crippen LogP contribution in [0.1, 0.15) is 40.0 Å². The van der Waals surface area contributed by atoms with Gasteiger partial charge in [-0.3, -0.25) is 0 Å². The van der Waals surface area contributed by atoms with E-state index in [1.807, 2.05) is 11.8 Å². The zero-order valence-corrected chi connectivity index (χ0v) is 18.3. The van der Waals surface area contributed by atoms with Crippen LogP contribution in [-0.2, 0) is 4.43 Å². The molecule has 1 aliphatic heterocycles. The zero-order chi connectivity index (χ0) is 19.3. The fraction of sp³-hybridized carbons (Fsp3) is 0.435. The molecule has 3 rings (SSSR count). The van der Waals surface area contributed by atoms with E-state index in [2.05, 4.69) is 87.5 Å². The van der Waals surface area contributed by atoms with Gasteiger partial charge in [0.15, 0.2) is 0 Å². The summed E-state index contributed by atoms with van der Waals surface area (Å²) in [6.07, 6.45) is 2.93. The lowest BCUT2D eigenvalue weighted by molar-refractivity contribution is 0.295. The highest BCUT2D eigenvalue weighted by Crippen LogP contribution is 2.40. The van der Waals surface area contributed by atoms with Gasteiger partial charge in [0.1, 0.15) is 0 Å². The molecule has 2 aromatic carbocycles. The maximum absolute atomic E-state index is 8.99. The largest absolute Gasteiger partial charge is 0.406 e. The number of hydrogen-bond donors (Lipinski definition) is 0. The van der Waals surface area contributed by atoms with Crippen molar-refractivity contribution in [2.45, 2.75) is 55.6 Å². The van der Waals surface area contributed by atoms with Crippen molar-refractivity contribution in [2.75, 3.05) is 6.61 Å². The number of benzene rings is 2. The molecule has 0 saturated carbocycles. The van der Waals surface area contributed by atoms with Gasteiger partial charge in [0.05, 0.1) is 6.07 Å². The molecule has 2 nitrogen and oxygen atoms in total. The van der Waals surface area contributed by atoms with E-state index in [1.165, 1.54) is 10.4 Å². The molecule has 0 N–H and O–H groups in total. The van der Waals surface area contributed by atoms with Crippen molar-refractivity contribution < 1.29 is 4.43 Å². The number of nitrogens with zero attached hydrogens (tertiary/aromatic N) is 1. The summed E-state index contributed by atoms with van der Waals surface area (Å²) in [7, 11) is -2.44. The van der Waals surface area contributed by atoms with Gasteiger partial charge in [-0.05, 0) is 28.3 Å². The third-order valence-electron chi connectivity index (χ3n) is 5.42. The predicted molar refractivity (Wildman–Crippen MR) is 118 cm³/mol. The van der Waals surface area contributed by atoms with Gasteiger partial charge in [0.25, 0.3) is 8.32 Å². The van der Waals surface area contributed by atoms with Crippen LogP contribution in [0.3, 0.4) is 0 Å². The third kappa shape index (κ3) is 4.32. The summed E-state index contributed by atoms with van der Waals surface area (Å²) in [5.41, 5.74) is 0. The summed E-state index contributed by atoms with van der Waals surface area (Å²) < 4.78 is 7.01. The smallest absolute Gasteiger partial charge is 0.261 e. The summed E-state index contributed by atoms with van der Waals surface area (Å²) in [4.78, 5) is 0. The fourth-order valence-electron chi connectivity index (χ4n) is 4.13. The van der Waals surface area contributed by atoms with E-state index < -0.39 is 8.32 Å². The molecule has 0 radical (unpaired) electrons. The second-order valence-corrected chi connectivity index (χ2v) is 14.2. The Hall–Kier alpha value is -1.54. The van der Waals surface area contributed by atoms with Gasteiger partial charge in [0, 0.05) is 23.5 Å². The fourth-order valence-corrected chi connectivity index (χ4v) is 10.3. The number of thioether (sulfide) groups is 1. The van der Waals surface area contributed by atoms with E-state index in [1.54, 1.807) is 0 Å². The molecule has 2 aromatic rings. The molecule has 2 unspecified atom stereocenters. The van der Waals surface area contributed by atoms with E-state index in [4.69, 9.17) is 9.69 Å². The van der Waals surface area contributed by atoms with Gasteiger partial charge in [-0.1, -0.05) is 81.4 Å².